The zero-order valence-electron chi connectivity index (χ0n) is 25.3. The second kappa shape index (κ2) is 11.4. The predicted molar refractivity (Wildman–Crippen MR) is 172 cm³/mol. The molecule has 5 aliphatic rings. The molecule has 0 saturated heterocycles. The average Bonchev–Trinajstić information content (AvgIpc) is 3.67. The third kappa shape index (κ3) is 4.48. The third-order valence-corrected chi connectivity index (χ3v) is 8.59. The van der Waals surface area contributed by atoms with E-state index >= 15 is 0 Å². The van der Waals surface area contributed by atoms with Gasteiger partial charge in [-0.2, -0.15) is 0 Å². The van der Waals surface area contributed by atoms with Crippen molar-refractivity contribution in [3.05, 3.63) is 104 Å². The van der Waals surface area contributed by atoms with Crippen molar-refractivity contribution in [1.29, 1.82) is 0 Å². The quantitative estimate of drug-likeness (QED) is 0.300. The van der Waals surface area contributed by atoms with Crippen LogP contribution in [0.5, 0.6) is 0 Å². The fraction of sp³-hybridized carbons (Fsp3) is 0.389. The summed E-state index contributed by atoms with van der Waals surface area (Å²) in [6.07, 6.45) is 17.3. The van der Waals surface area contributed by atoms with E-state index in [4.69, 9.17) is 20.0 Å². The molecule has 0 atom stereocenters. The molecule has 5 heterocycles. The Bertz CT molecular complexity index is 1560. The van der Waals surface area contributed by atoms with Gasteiger partial charge in [0.05, 0.1) is 45.6 Å². The van der Waals surface area contributed by atoms with E-state index in [0.717, 1.165) is 96.2 Å². The van der Waals surface area contributed by atoms with Crippen molar-refractivity contribution in [2.45, 2.75) is 93.4 Å². The number of allylic oxidation sites excluding steroid dienone is 12. The van der Waals surface area contributed by atoms with Crippen LogP contribution in [0.1, 0.15) is 93.4 Å². The van der Waals surface area contributed by atoms with Gasteiger partial charge in [-0.3, -0.25) is 0 Å². The Morgan fingerprint density at radius 3 is 1.00 bits per heavy atom. The zero-order valence-corrected chi connectivity index (χ0v) is 25.3. The Kier molecular flexibility index (Phi) is 7.98. The Hall–Kier alpha value is -3.66. The van der Waals surface area contributed by atoms with Crippen molar-refractivity contribution in [2.24, 2.45) is 20.0 Å². The van der Waals surface area contributed by atoms with Gasteiger partial charge >= 0.3 is 0 Å². The lowest BCUT2D eigenvalue weighted by atomic mass is 9.94. The van der Waals surface area contributed by atoms with E-state index in [1.54, 1.807) is 0 Å². The Balaban J connectivity index is 1.85. The highest BCUT2D eigenvalue weighted by atomic mass is 14.9. The van der Waals surface area contributed by atoms with Crippen LogP contribution in [0.3, 0.4) is 0 Å². The predicted octanol–water partition coefficient (Wildman–Crippen LogP) is 9.60. The van der Waals surface area contributed by atoms with Crippen LogP contribution in [-0.4, -0.2) is 22.8 Å². The normalized spacial score (nSPS) is 20.5. The minimum atomic E-state index is 0.879. The molecule has 0 aromatic rings. The van der Waals surface area contributed by atoms with Crippen molar-refractivity contribution in [3.63, 3.8) is 0 Å². The van der Waals surface area contributed by atoms with Gasteiger partial charge in [-0.25, -0.2) is 20.0 Å². The third-order valence-electron chi connectivity index (χ3n) is 8.59. The van der Waals surface area contributed by atoms with E-state index in [0.29, 0.717) is 0 Å². The molecule has 4 nitrogen and oxygen atoms in total. The molecular weight excluding hydrogens is 488 g/mol. The van der Waals surface area contributed by atoms with Gasteiger partial charge < -0.3 is 0 Å². The summed E-state index contributed by atoms with van der Waals surface area (Å²) in [5.41, 5.74) is 18.3. The fourth-order valence-corrected chi connectivity index (χ4v) is 6.70. The second-order valence-electron chi connectivity index (χ2n) is 10.5. The largest absolute Gasteiger partial charge is 0.248 e. The molecule has 8 bridgehead atoms. The molecule has 0 aliphatic carbocycles. The summed E-state index contributed by atoms with van der Waals surface area (Å²) in [4.78, 5) is 20.9. The van der Waals surface area contributed by atoms with Crippen molar-refractivity contribution >= 4 is 22.8 Å². The maximum Gasteiger partial charge on any atom is 0.0734 e. The van der Waals surface area contributed by atoms with Gasteiger partial charge in [-0.1, -0.05) is 61.1 Å². The molecule has 0 N–H and O–H groups in total. The summed E-state index contributed by atoms with van der Waals surface area (Å²) < 4.78 is 0. The number of rotatable bonds is 8. The molecule has 0 amide bonds. The van der Waals surface area contributed by atoms with Gasteiger partial charge in [0.25, 0.3) is 0 Å². The SMILES string of the molecule is C=CC1=C(CC)C2=NC1=CC1=NC(=CC3=NC(=CC4=NC(=C2)C(CC)=C4CC)C(CC)=C3CC)C(CC)=C1CC. The summed E-state index contributed by atoms with van der Waals surface area (Å²) >= 11 is 0. The molecule has 0 unspecified atom stereocenters. The molecule has 0 fully saturated rings. The number of fused-ring (bicyclic) bond motifs is 4. The van der Waals surface area contributed by atoms with Crippen LogP contribution in [0.15, 0.2) is 124 Å². The smallest absolute Gasteiger partial charge is 0.0734 e. The lowest BCUT2D eigenvalue weighted by molar-refractivity contribution is 1.05. The number of nitrogens with zero attached hydrogens (tertiary/aromatic N) is 4. The molecule has 5 rings (SSSR count). The van der Waals surface area contributed by atoms with E-state index in [1.807, 2.05) is 6.08 Å². The number of hydrogen-bond donors (Lipinski definition) is 0. The maximum atomic E-state index is 5.24. The topological polar surface area (TPSA) is 49.4 Å². The van der Waals surface area contributed by atoms with Gasteiger partial charge in [0.1, 0.15) is 0 Å². The highest BCUT2D eigenvalue weighted by molar-refractivity contribution is 6.20. The van der Waals surface area contributed by atoms with Gasteiger partial charge in [0, 0.05) is 5.57 Å². The van der Waals surface area contributed by atoms with Crippen LogP contribution in [0.2, 0.25) is 0 Å². The van der Waals surface area contributed by atoms with E-state index < -0.39 is 0 Å². The molecule has 206 valence electrons. The summed E-state index contributed by atoms with van der Waals surface area (Å²) in [6, 6.07) is 0. The summed E-state index contributed by atoms with van der Waals surface area (Å²) in [6.45, 7) is 19.7. The van der Waals surface area contributed by atoms with Crippen LogP contribution in [0, 0.1) is 0 Å². The highest BCUT2D eigenvalue weighted by Gasteiger charge is 2.29. The monoisotopic (exact) mass is 530 g/mol. The molecule has 40 heavy (non-hydrogen) atoms. The van der Waals surface area contributed by atoms with Gasteiger partial charge in [0.2, 0.25) is 0 Å². The highest BCUT2D eigenvalue weighted by Crippen LogP contribution is 2.39. The van der Waals surface area contributed by atoms with Gasteiger partial charge in [-0.05, 0) is 108 Å². The lowest BCUT2D eigenvalue weighted by Crippen LogP contribution is -1.99. The molecule has 0 saturated carbocycles. The summed E-state index contributed by atoms with van der Waals surface area (Å²) in [7, 11) is 0. The van der Waals surface area contributed by atoms with Crippen LogP contribution >= 0.6 is 0 Å². The molecule has 0 aromatic carbocycles. The zero-order chi connectivity index (χ0) is 28.6. The summed E-state index contributed by atoms with van der Waals surface area (Å²) in [5.74, 6) is 0. The second-order valence-corrected chi connectivity index (χ2v) is 10.5. The molecule has 4 heteroatoms. The van der Waals surface area contributed by atoms with Gasteiger partial charge in [-0.15, -0.1) is 0 Å². The first-order valence-corrected chi connectivity index (χ1v) is 15.2. The molecule has 0 radical (unpaired) electrons. The Labute approximate surface area is 240 Å². The van der Waals surface area contributed by atoms with Crippen molar-refractivity contribution < 1.29 is 0 Å². The lowest BCUT2D eigenvalue weighted by Gasteiger charge is -2.07. The van der Waals surface area contributed by atoms with Crippen molar-refractivity contribution in [2.75, 3.05) is 0 Å². The van der Waals surface area contributed by atoms with Gasteiger partial charge in [0.15, 0.2) is 0 Å². The minimum Gasteiger partial charge on any atom is -0.248 e. The van der Waals surface area contributed by atoms with E-state index in [9.17, 15) is 0 Å². The first-order valence-electron chi connectivity index (χ1n) is 15.2. The molecule has 0 spiro atoms. The van der Waals surface area contributed by atoms with E-state index in [2.05, 4.69) is 79.3 Å². The van der Waals surface area contributed by atoms with Crippen molar-refractivity contribution in [1.82, 2.24) is 0 Å². The Morgan fingerprint density at radius 2 is 0.700 bits per heavy atom. The van der Waals surface area contributed by atoms with Crippen LogP contribution in [0.25, 0.3) is 0 Å². The standard InChI is InChI=1S/C36H42N4/c1-9-21-22(10-2)30-18-32-25(13-5)26(14-6)34(39-32)20-36-28(16-8)27(15-7)35(40-36)19-33-24(12-4)23(11-3)31(38-33)17-29(21)37-30/h9,17-20H,1,10-16H2,2-8H3. The first kappa shape index (κ1) is 27.9. The number of hydrogen-bond acceptors (Lipinski definition) is 4. The molecular formula is C36H42N4. The van der Waals surface area contributed by atoms with Crippen LogP contribution < -0.4 is 0 Å². The van der Waals surface area contributed by atoms with E-state index in [-0.39, 0.29) is 0 Å². The van der Waals surface area contributed by atoms with Crippen LogP contribution in [-0.2, 0) is 0 Å². The average molecular weight is 531 g/mol. The number of aliphatic imine (C=N–C) groups is 4. The maximum absolute atomic E-state index is 5.24. The Morgan fingerprint density at radius 1 is 0.425 bits per heavy atom. The van der Waals surface area contributed by atoms with E-state index in [1.165, 1.54) is 39.0 Å². The molecule has 0 aromatic heterocycles. The minimum absolute atomic E-state index is 0.879. The summed E-state index contributed by atoms with van der Waals surface area (Å²) in [5, 5.41) is 0. The first-order chi connectivity index (χ1) is 19.5. The molecule has 5 aliphatic heterocycles. The fourth-order valence-electron chi connectivity index (χ4n) is 6.70. The van der Waals surface area contributed by atoms with Crippen molar-refractivity contribution in [3.8, 4) is 0 Å². The van der Waals surface area contributed by atoms with Crippen LogP contribution in [0.4, 0.5) is 0 Å².